The van der Waals surface area contributed by atoms with E-state index in [1.165, 1.54) is 25.3 Å². The third kappa shape index (κ3) is 8.01. The number of allylic oxidation sites excluding steroid dienone is 2. The van der Waals surface area contributed by atoms with E-state index in [4.69, 9.17) is 14.2 Å². The number of piperazine rings is 1. The second-order valence-electron chi connectivity index (χ2n) is 11.0. The second kappa shape index (κ2) is 15.0. The van der Waals surface area contributed by atoms with Crippen molar-refractivity contribution in [3.8, 4) is 5.75 Å². The summed E-state index contributed by atoms with van der Waals surface area (Å²) in [7, 11) is 1.25. The Labute approximate surface area is 257 Å². The molecule has 0 aromatic heterocycles. The van der Waals surface area contributed by atoms with Crippen LogP contribution >= 0.6 is 0 Å². The molecule has 2 aromatic carbocycles. The first-order chi connectivity index (χ1) is 21.1. The number of hydrogen-bond donors (Lipinski definition) is 2. The number of carbonyl (C=O) groups is 2. The Balaban J connectivity index is 1.32. The van der Waals surface area contributed by atoms with Crippen LogP contribution in [-0.2, 0) is 19.1 Å². The third-order valence-corrected chi connectivity index (χ3v) is 7.90. The molecule has 2 aliphatic heterocycles. The number of benzene rings is 2. The van der Waals surface area contributed by atoms with Crippen LogP contribution in [0.15, 0.2) is 71.1 Å². The SMILES string of the molecule is COC(=O)C1=C(C)NC(C)=C(C(=O)OCCN2CCN(CC(O)COc3ccccc3C)CC2)C1c1cccc([N+](=O)[O-])c1. The van der Waals surface area contributed by atoms with Gasteiger partial charge in [-0.2, -0.15) is 0 Å². The van der Waals surface area contributed by atoms with Gasteiger partial charge in [0.1, 0.15) is 25.1 Å². The summed E-state index contributed by atoms with van der Waals surface area (Å²) in [5.74, 6) is -1.39. The average molecular weight is 609 g/mol. The number of non-ortho nitro benzene ring substituents is 1. The highest BCUT2D eigenvalue weighted by molar-refractivity contribution is 5.99. The summed E-state index contributed by atoms with van der Waals surface area (Å²) < 4.78 is 16.5. The van der Waals surface area contributed by atoms with Gasteiger partial charge in [-0.3, -0.25) is 19.9 Å². The lowest BCUT2D eigenvalue weighted by molar-refractivity contribution is -0.384. The van der Waals surface area contributed by atoms with Gasteiger partial charge in [0, 0.05) is 62.8 Å². The van der Waals surface area contributed by atoms with Crippen molar-refractivity contribution in [2.24, 2.45) is 0 Å². The van der Waals surface area contributed by atoms with Gasteiger partial charge in [0.05, 0.1) is 29.1 Å². The van der Waals surface area contributed by atoms with Gasteiger partial charge in [0.2, 0.25) is 0 Å². The van der Waals surface area contributed by atoms with E-state index in [1.807, 2.05) is 31.2 Å². The number of ether oxygens (including phenoxy) is 3. The van der Waals surface area contributed by atoms with E-state index in [9.17, 15) is 24.8 Å². The quantitative estimate of drug-likeness (QED) is 0.209. The van der Waals surface area contributed by atoms with Crippen molar-refractivity contribution in [3.05, 3.63) is 92.3 Å². The molecule has 0 radical (unpaired) electrons. The fourth-order valence-electron chi connectivity index (χ4n) is 5.59. The number of nitro benzene ring substituents is 1. The molecule has 0 amide bonds. The molecule has 2 heterocycles. The minimum Gasteiger partial charge on any atom is -0.491 e. The number of β-amino-alcohol motifs (C(OH)–C–C–N with tert-alkyl or cyclic N) is 1. The molecule has 2 unspecified atom stereocenters. The first-order valence-corrected chi connectivity index (χ1v) is 14.6. The number of nitro groups is 1. The lowest BCUT2D eigenvalue weighted by atomic mass is 9.80. The molecule has 12 nitrogen and oxygen atoms in total. The Hall–Kier alpha value is -4.26. The summed E-state index contributed by atoms with van der Waals surface area (Å²) in [6, 6.07) is 13.6. The van der Waals surface area contributed by atoms with Crippen LogP contribution < -0.4 is 10.1 Å². The van der Waals surface area contributed by atoms with Crippen molar-refractivity contribution < 1.29 is 33.8 Å². The third-order valence-electron chi connectivity index (χ3n) is 7.90. The first kappa shape index (κ1) is 32.6. The summed E-state index contributed by atoms with van der Waals surface area (Å²) in [5, 5.41) is 25.0. The van der Waals surface area contributed by atoms with Crippen molar-refractivity contribution >= 4 is 17.6 Å². The van der Waals surface area contributed by atoms with Gasteiger partial charge in [-0.05, 0) is 38.0 Å². The summed E-state index contributed by atoms with van der Waals surface area (Å²) in [6.07, 6.45) is -0.616. The van der Waals surface area contributed by atoms with E-state index in [0.717, 1.165) is 37.5 Å². The zero-order valence-electron chi connectivity index (χ0n) is 25.6. The van der Waals surface area contributed by atoms with E-state index in [-0.39, 0.29) is 30.0 Å². The molecule has 1 fully saturated rings. The number of carbonyl (C=O) groups excluding carboxylic acids is 2. The number of methoxy groups -OCH3 is 1. The molecule has 2 N–H and O–H groups in total. The Bertz CT molecular complexity index is 1430. The highest BCUT2D eigenvalue weighted by Gasteiger charge is 2.38. The summed E-state index contributed by atoms with van der Waals surface area (Å²) in [6.45, 7) is 9.73. The molecular formula is C32H40N4O8. The van der Waals surface area contributed by atoms with E-state index < -0.39 is 28.9 Å². The fourth-order valence-corrected chi connectivity index (χ4v) is 5.59. The Morgan fingerprint density at radius 2 is 1.66 bits per heavy atom. The van der Waals surface area contributed by atoms with Gasteiger partial charge in [-0.25, -0.2) is 9.59 Å². The van der Waals surface area contributed by atoms with Crippen LogP contribution in [0.3, 0.4) is 0 Å². The van der Waals surface area contributed by atoms with Crippen LogP contribution in [0.25, 0.3) is 0 Å². The minimum atomic E-state index is -0.902. The molecule has 44 heavy (non-hydrogen) atoms. The van der Waals surface area contributed by atoms with Gasteiger partial charge in [0.15, 0.2) is 0 Å². The van der Waals surface area contributed by atoms with Crippen LogP contribution in [0.4, 0.5) is 5.69 Å². The standard InChI is InChI=1S/C32H40N4O8/c1-21-8-5-6-11-27(21)44-20-26(37)19-35-14-12-34(13-15-35)16-17-43-32(39)29-23(3)33-22(2)28(31(38)42-4)30(29)24-9-7-10-25(18-24)36(40)41/h5-11,18,26,30,33,37H,12-17,19-20H2,1-4H3. The van der Waals surface area contributed by atoms with E-state index in [2.05, 4.69) is 15.1 Å². The lowest BCUT2D eigenvalue weighted by Crippen LogP contribution is -2.49. The number of aliphatic hydroxyl groups excluding tert-OH is 1. The number of dihydropyridines is 1. The average Bonchev–Trinajstić information content (AvgIpc) is 3.00. The van der Waals surface area contributed by atoms with E-state index >= 15 is 0 Å². The van der Waals surface area contributed by atoms with Gasteiger partial charge < -0.3 is 24.6 Å². The largest absolute Gasteiger partial charge is 0.491 e. The summed E-state index contributed by atoms with van der Waals surface area (Å²) in [5.41, 5.74) is 2.65. The molecule has 12 heteroatoms. The van der Waals surface area contributed by atoms with Gasteiger partial charge in [0.25, 0.3) is 5.69 Å². The van der Waals surface area contributed by atoms with Crippen LogP contribution in [-0.4, -0.2) is 97.5 Å². The van der Waals surface area contributed by atoms with Crippen LogP contribution in [0.1, 0.15) is 30.9 Å². The second-order valence-corrected chi connectivity index (χ2v) is 11.0. The molecule has 1 saturated heterocycles. The predicted octanol–water partition coefficient (Wildman–Crippen LogP) is 2.91. The van der Waals surface area contributed by atoms with Crippen LogP contribution in [0, 0.1) is 17.0 Å². The number of esters is 2. The number of hydrogen-bond acceptors (Lipinski definition) is 11. The molecule has 2 aliphatic rings. The molecule has 2 atom stereocenters. The predicted molar refractivity (Wildman–Crippen MR) is 163 cm³/mol. The topological polar surface area (TPSA) is 144 Å². The molecule has 2 aromatic rings. The molecule has 0 spiro atoms. The molecule has 0 aliphatic carbocycles. The maximum Gasteiger partial charge on any atom is 0.336 e. The minimum absolute atomic E-state index is 0.125. The van der Waals surface area contributed by atoms with Crippen molar-refractivity contribution in [1.82, 2.24) is 15.1 Å². The Morgan fingerprint density at radius 1 is 1.00 bits per heavy atom. The fraction of sp³-hybridized carbons (Fsp3) is 0.438. The number of para-hydroxylation sites is 1. The maximum atomic E-state index is 13.5. The van der Waals surface area contributed by atoms with Gasteiger partial charge in [-0.15, -0.1) is 0 Å². The highest BCUT2D eigenvalue weighted by Crippen LogP contribution is 2.40. The zero-order chi connectivity index (χ0) is 31.8. The summed E-state index contributed by atoms with van der Waals surface area (Å²) in [4.78, 5) is 41.6. The zero-order valence-corrected chi connectivity index (χ0v) is 25.6. The summed E-state index contributed by atoms with van der Waals surface area (Å²) >= 11 is 0. The molecular weight excluding hydrogens is 568 g/mol. The first-order valence-electron chi connectivity index (χ1n) is 14.6. The van der Waals surface area contributed by atoms with Crippen molar-refractivity contribution in [3.63, 3.8) is 0 Å². The monoisotopic (exact) mass is 608 g/mol. The van der Waals surface area contributed by atoms with Crippen molar-refractivity contribution in [2.75, 3.05) is 59.6 Å². The number of nitrogens with zero attached hydrogens (tertiary/aromatic N) is 3. The van der Waals surface area contributed by atoms with Crippen molar-refractivity contribution in [2.45, 2.75) is 32.8 Å². The Morgan fingerprint density at radius 3 is 2.32 bits per heavy atom. The van der Waals surface area contributed by atoms with Gasteiger partial charge in [-0.1, -0.05) is 30.3 Å². The smallest absolute Gasteiger partial charge is 0.336 e. The van der Waals surface area contributed by atoms with Crippen LogP contribution in [0.5, 0.6) is 5.75 Å². The van der Waals surface area contributed by atoms with Crippen LogP contribution in [0.2, 0.25) is 0 Å². The molecule has 0 bridgehead atoms. The normalized spacial score (nSPS) is 18.4. The number of nitrogens with one attached hydrogen (secondary N) is 1. The van der Waals surface area contributed by atoms with E-state index in [0.29, 0.717) is 30.0 Å². The maximum absolute atomic E-state index is 13.5. The molecule has 236 valence electrons. The van der Waals surface area contributed by atoms with E-state index in [1.54, 1.807) is 19.9 Å². The van der Waals surface area contributed by atoms with Gasteiger partial charge >= 0.3 is 11.9 Å². The van der Waals surface area contributed by atoms with Crippen molar-refractivity contribution in [1.29, 1.82) is 0 Å². The Kier molecular flexibility index (Phi) is 11.1. The number of aliphatic hydroxyl groups is 1. The number of aryl methyl sites for hydroxylation is 1. The molecule has 0 saturated carbocycles. The number of rotatable bonds is 12. The molecule has 4 rings (SSSR count). The lowest BCUT2D eigenvalue weighted by Gasteiger charge is -2.35. The highest BCUT2D eigenvalue weighted by atomic mass is 16.6.